The van der Waals surface area contributed by atoms with Crippen molar-refractivity contribution in [3.8, 4) is 0 Å². The fraction of sp³-hybridized carbons (Fsp3) is 0.571. The van der Waals surface area contributed by atoms with E-state index in [-0.39, 0.29) is 0 Å². The topological polar surface area (TPSA) is 26.0 Å². The van der Waals surface area contributed by atoms with Gasteiger partial charge in [0, 0.05) is 0 Å². The molecule has 0 heterocycles. The van der Waals surface area contributed by atoms with Crippen molar-refractivity contribution in [2.75, 3.05) is 6.54 Å². The molecule has 2 heteroatoms. The van der Waals surface area contributed by atoms with Gasteiger partial charge in [-0.15, -0.1) is 0 Å². The molecule has 0 aliphatic heterocycles. The maximum atomic E-state index is 5.85. The Morgan fingerprint density at radius 1 is 1.12 bits per heavy atom. The first-order valence-corrected chi connectivity index (χ1v) is 8.13. The Kier molecular flexibility index (Phi) is 7.58. The van der Waals surface area contributed by atoms with Gasteiger partial charge in [-0.25, -0.2) is 0 Å². The van der Waals surface area contributed by atoms with Gasteiger partial charge in [-0.2, -0.15) is 0 Å². The molecule has 0 bridgehead atoms. The van der Waals surface area contributed by atoms with E-state index < -0.39 is 0 Å². The predicted molar refractivity (Wildman–Crippen MR) is 73.4 cm³/mol. The van der Waals surface area contributed by atoms with Gasteiger partial charge in [0.1, 0.15) is 0 Å². The van der Waals surface area contributed by atoms with E-state index in [1.54, 1.807) is 0 Å². The normalized spacial score (nSPS) is 12.6. The molecule has 0 saturated carbocycles. The number of benzene rings is 1. The Balaban J connectivity index is 2.26. The van der Waals surface area contributed by atoms with Crippen LogP contribution in [0.2, 0.25) is 4.82 Å². The summed E-state index contributed by atoms with van der Waals surface area (Å²) in [7, 11) is 0. The zero-order valence-corrected chi connectivity index (χ0v) is 11.9. The van der Waals surface area contributed by atoms with Crippen molar-refractivity contribution >= 4 is 19.4 Å². The Morgan fingerprint density at radius 3 is 2.50 bits per heavy atom. The van der Waals surface area contributed by atoms with Crippen LogP contribution >= 0.6 is 0 Å². The van der Waals surface area contributed by atoms with Crippen LogP contribution in [0.5, 0.6) is 0 Å². The standard InChI is InChI=1S/C14H23NSe/c1-2-3-4-6-11-14(12-15)16-13-9-7-5-8-10-13/h5,7-10,14H,2-4,6,11-12,15H2,1H3. The van der Waals surface area contributed by atoms with E-state index in [2.05, 4.69) is 37.3 Å². The minimum absolute atomic E-state index is 0.558. The fourth-order valence-corrected chi connectivity index (χ4v) is 3.98. The molecule has 16 heavy (non-hydrogen) atoms. The molecule has 0 saturated heterocycles. The van der Waals surface area contributed by atoms with Gasteiger partial charge < -0.3 is 0 Å². The van der Waals surface area contributed by atoms with Crippen molar-refractivity contribution in [2.45, 2.75) is 43.8 Å². The van der Waals surface area contributed by atoms with Gasteiger partial charge >= 0.3 is 106 Å². The van der Waals surface area contributed by atoms with Crippen molar-refractivity contribution in [1.29, 1.82) is 0 Å². The van der Waals surface area contributed by atoms with Crippen molar-refractivity contribution in [2.24, 2.45) is 5.73 Å². The van der Waals surface area contributed by atoms with Gasteiger partial charge in [-0.05, 0) is 0 Å². The summed E-state index contributed by atoms with van der Waals surface area (Å²) in [6.45, 7) is 3.11. The van der Waals surface area contributed by atoms with E-state index in [4.69, 9.17) is 5.73 Å². The second-order valence-electron chi connectivity index (χ2n) is 4.14. The summed E-state index contributed by atoms with van der Waals surface area (Å²) in [4.78, 5) is 0.728. The van der Waals surface area contributed by atoms with E-state index >= 15 is 0 Å². The first kappa shape index (κ1) is 13.8. The molecule has 90 valence electrons. The van der Waals surface area contributed by atoms with Gasteiger partial charge in [-0.1, -0.05) is 0 Å². The molecule has 1 unspecified atom stereocenters. The molecule has 1 atom stereocenters. The second kappa shape index (κ2) is 8.81. The molecule has 0 spiro atoms. The zero-order valence-electron chi connectivity index (χ0n) is 10.2. The molecule has 0 radical (unpaired) electrons. The molecule has 1 aromatic carbocycles. The number of unbranched alkanes of at least 4 members (excludes halogenated alkanes) is 3. The molecule has 0 aromatic heterocycles. The number of hydrogen-bond donors (Lipinski definition) is 1. The number of nitrogens with two attached hydrogens (primary N) is 1. The van der Waals surface area contributed by atoms with E-state index in [9.17, 15) is 0 Å². The maximum absolute atomic E-state index is 5.85. The van der Waals surface area contributed by atoms with Gasteiger partial charge in [-0.3, -0.25) is 0 Å². The fourth-order valence-electron chi connectivity index (χ4n) is 1.72. The van der Waals surface area contributed by atoms with E-state index in [0.29, 0.717) is 15.0 Å². The second-order valence-corrected chi connectivity index (χ2v) is 7.02. The Labute approximate surface area is 106 Å². The van der Waals surface area contributed by atoms with Crippen molar-refractivity contribution < 1.29 is 0 Å². The van der Waals surface area contributed by atoms with Gasteiger partial charge in [0.15, 0.2) is 0 Å². The quantitative estimate of drug-likeness (QED) is 0.576. The van der Waals surface area contributed by atoms with Crippen LogP contribution in [0.1, 0.15) is 39.0 Å². The SMILES string of the molecule is CCCCCCC(CN)[Se]c1ccccc1. The first-order chi connectivity index (χ1) is 7.86. The molecule has 0 fully saturated rings. The van der Waals surface area contributed by atoms with Crippen LogP contribution < -0.4 is 10.2 Å². The summed E-state index contributed by atoms with van der Waals surface area (Å²) in [6, 6.07) is 10.8. The van der Waals surface area contributed by atoms with E-state index in [1.807, 2.05) is 0 Å². The summed E-state index contributed by atoms with van der Waals surface area (Å²) in [5, 5.41) is 0. The molecule has 0 aliphatic rings. The van der Waals surface area contributed by atoms with Gasteiger partial charge in [0.2, 0.25) is 0 Å². The Bertz CT molecular complexity index is 261. The molecule has 1 aromatic rings. The number of hydrogen-bond acceptors (Lipinski definition) is 1. The van der Waals surface area contributed by atoms with E-state index in [1.165, 1.54) is 36.6 Å². The van der Waals surface area contributed by atoms with Gasteiger partial charge in [0.05, 0.1) is 0 Å². The zero-order chi connectivity index (χ0) is 11.6. The molecule has 1 nitrogen and oxygen atoms in total. The molecular weight excluding hydrogens is 261 g/mol. The van der Waals surface area contributed by atoms with Crippen molar-refractivity contribution in [1.82, 2.24) is 0 Å². The van der Waals surface area contributed by atoms with Crippen LogP contribution in [0.3, 0.4) is 0 Å². The molecule has 2 N–H and O–H groups in total. The third-order valence-corrected chi connectivity index (χ3v) is 5.43. The Hall–Kier alpha value is -0.301. The number of rotatable bonds is 8. The van der Waals surface area contributed by atoms with Gasteiger partial charge in [0.25, 0.3) is 0 Å². The van der Waals surface area contributed by atoms with Crippen molar-refractivity contribution in [3.63, 3.8) is 0 Å². The minimum atomic E-state index is 0.558. The monoisotopic (exact) mass is 285 g/mol. The third-order valence-electron chi connectivity index (χ3n) is 2.69. The first-order valence-electron chi connectivity index (χ1n) is 6.28. The van der Waals surface area contributed by atoms with Crippen molar-refractivity contribution in [3.05, 3.63) is 30.3 Å². The molecule has 0 amide bonds. The third kappa shape index (κ3) is 5.69. The van der Waals surface area contributed by atoms with Crippen LogP contribution in [0.15, 0.2) is 30.3 Å². The predicted octanol–water partition coefficient (Wildman–Crippen LogP) is 2.73. The average molecular weight is 284 g/mol. The average Bonchev–Trinajstić information content (AvgIpc) is 2.34. The summed E-state index contributed by atoms with van der Waals surface area (Å²) in [5.74, 6) is 0. The van der Waals surface area contributed by atoms with Crippen LogP contribution in [0, 0.1) is 0 Å². The van der Waals surface area contributed by atoms with Crippen LogP contribution in [0.25, 0.3) is 0 Å². The summed E-state index contributed by atoms with van der Waals surface area (Å²) in [6.07, 6.45) is 6.72. The summed E-state index contributed by atoms with van der Waals surface area (Å²) < 4.78 is 1.49. The Morgan fingerprint density at radius 2 is 1.88 bits per heavy atom. The van der Waals surface area contributed by atoms with E-state index in [0.717, 1.165) is 11.4 Å². The molecule has 0 aliphatic carbocycles. The molecular formula is C14H23NSe. The van der Waals surface area contributed by atoms with Crippen LogP contribution in [-0.2, 0) is 0 Å². The van der Waals surface area contributed by atoms with Crippen LogP contribution in [-0.4, -0.2) is 21.5 Å². The molecule has 1 rings (SSSR count). The van der Waals surface area contributed by atoms with Crippen LogP contribution in [0.4, 0.5) is 0 Å². The summed E-state index contributed by atoms with van der Waals surface area (Å²) >= 11 is 0.558. The summed E-state index contributed by atoms with van der Waals surface area (Å²) in [5.41, 5.74) is 5.85.